The Kier molecular flexibility index (Phi) is 5.16. The van der Waals surface area contributed by atoms with Crippen LogP contribution in [-0.4, -0.2) is 11.9 Å². The van der Waals surface area contributed by atoms with E-state index >= 15 is 0 Å². The number of ketones is 1. The van der Waals surface area contributed by atoms with Gasteiger partial charge in [-0.15, -0.1) is 0 Å². The topological polar surface area (TPSA) is 26.3 Å². The summed E-state index contributed by atoms with van der Waals surface area (Å²) < 4.78 is 5.71. The molecule has 2 nitrogen and oxygen atoms in total. The van der Waals surface area contributed by atoms with E-state index in [1.165, 1.54) is 0 Å². The molecule has 0 saturated carbocycles. The molecule has 0 aromatic heterocycles. The number of hydrogen-bond donors (Lipinski definition) is 0. The number of benzene rings is 1. The summed E-state index contributed by atoms with van der Waals surface area (Å²) >= 11 is 0. The summed E-state index contributed by atoms with van der Waals surface area (Å²) in [6.45, 7) is 12.6. The molecule has 2 heteroatoms. The molecule has 0 amide bonds. The number of hydrogen-bond acceptors (Lipinski definition) is 2. The normalized spacial score (nSPS) is 13.4. The van der Waals surface area contributed by atoms with Crippen LogP contribution in [0.4, 0.5) is 0 Å². The van der Waals surface area contributed by atoms with E-state index in [1.54, 1.807) is 0 Å². The molecule has 1 aromatic carbocycles. The number of ether oxygens (including phenoxy) is 1. The van der Waals surface area contributed by atoms with Crippen LogP contribution in [0.2, 0.25) is 0 Å². The minimum absolute atomic E-state index is 0.0778. The van der Waals surface area contributed by atoms with Gasteiger partial charge in [0.05, 0.1) is 11.7 Å². The Morgan fingerprint density at radius 1 is 1.16 bits per heavy atom. The highest BCUT2D eigenvalue weighted by Crippen LogP contribution is 2.30. The van der Waals surface area contributed by atoms with E-state index in [0.29, 0.717) is 23.7 Å². The molecule has 0 N–H and O–H groups in total. The molecule has 1 aromatic rings. The molecule has 0 fully saturated rings. The summed E-state index contributed by atoms with van der Waals surface area (Å²) in [6, 6.07) is 7.52. The standard InChI is InChI=1S/C17H26O2/c1-12(2)19-16-10-8-7-9-14(16)15(18)11-13(3)17(4,5)6/h7-10,12-13H,11H2,1-6H3. The van der Waals surface area contributed by atoms with E-state index in [4.69, 9.17) is 4.74 Å². The lowest BCUT2D eigenvalue weighted by atomic mass is 9.78. The largest absolute Gasteiger partial charge is 0.490 e. The van der Waals surface area contributed by atoms with E-state index in [0.717, 1.165) is 0 Å². The summed E-state index contributed by atoms with van der Waals surface area (Å²) in [4.78, 5) is 12.4. The average Bonchev–Trinajstić information content (AvgIpc) is 2.27. The van der Waals surface area contributed by atoms with Gasteiger partial charge < -0.3 is 4.74 Å². The van der Waals surface area contributed by atoms with Gasteiger partial charge in [-0.25, -0.2) is 0 Å². The smallest absolute Gasteiger partial charge is 0.166 e. The first-order valence-corrected chi connectivity index (χ1v) is 7.00. The molecule has 1 unspecified atom stereocenters. The van der Waals surface area contributed by atoms with Gasteiger partial charge in [-0.1, -0.05) is 39.8 Å². The third kappa shape index (κ3) is 4.70. The second kappa shape index (κ2) is 6.23. The molecule has 0 heterocycles. The molecule has 0 radical (unpaired) electrons. The molecule has 0 aliphatic heterocycles. The Hall–Kier alpha value is -1.31. The Morgan fingerprint density at radius 3 is 2.26 bits per heavy atom. The molecule has 0 saturated heterocycles. The van der Waals surface area contributed by atoms with Crippen LogP contribution in [0, 0.1) is 11.3 Å². The monoisotopic (exact) mass is 262 g/mol. The zero-order valence-electron chi connectivity index (χ0n) is 13.0. The van der Waals surface area contributed by atoms with E-state index < -0.39 is 0 Å². The highest BCUT2D eigenvalue weighted by molar-refractivity contribution is 5.98. The van der Waals surface area contributed by atoms with E-state index in [1.807, 2.05) is 38.1 Å². The van der Waals surface area contributed by atoms with Crippen LogP contribution in [0.5, 0.6) is 5.75 Å². The van der Waals surface area contributed by atoms with E-state index in [9.17, 15) is 4.79 Å². The Morgan fingerprint density at radius 2 is 1.74 bits per heavy atom. The van der Waals surface area contributed by atoms with Gasteiger partial charge in [-0.2, -0.15) is 0 Å². The van der Waals surface area contributed by atoms with Crippen molar-refractivity contribution in [1.82, 2.24) is 0 Å². The maximum Gasteiger partial charge on any atom is 0.166 e. The highest BCUT2D eigenvalue weighted by atomic mass is 16.5. The first-order chi connectivity index (χ1) is 8.71. The van der Waals surface area contributed by atoms with Crippen LogP contribution < -0.4 is 4.74 Å². The Balaban J connectivity index is 2.88. The third-order valence-corrected chi connectivity index (χ3v) is 3.52. The summed E-state index contributed by atoms with van der Waals surface area (Å²) in [5.41, 5.74) is 0.844. The molecule has 1 rings (SSSR count). The molecule has 0 spiro atoms. The van der Waals surface area contributed by atoms with Crippen molar-refractivity contribution < 1.29 is 9.53 Å². The zero-order chi connectivity index (χ0) is 14.6. The molecule has 0 aliphatic rings. The molecule has 0 bridgehead atoms. The van der Waals surface area contributed by atoms with Crippen LogP contribution in [0.15, 0.2) is 24.3 Å². The molecule has 19 heavy (non-hydrogen) atoms. The van der Waals surface area contributed by atoms with Crippen molar-refractivity contribution in [2.24, 2.45) is 11.3 Å². The first-order valence-electron chi connectivity index (χ1n) is 7.00. The quantitative estimate of drug-likeness (QED) is 0.717. The van der Waals surface area contributed by atoms with Crippen molar-refractivity contribution in [3.05, 3.63) is 29.8 Å². The molecular weight excluding hydrogens is 236 g/mol. The average molecular weight is 262 g/mol. The fourth-order valence-corrected chi connectivity index (χ4v) is 1.75. The summed E-state index contributed by atoms with van der Waals surface area (Å²) in [5.74, 6) is 1.20. The van der Waals surface area contributed by atoms with Crippen molar-refractivity contribution in [3.8, 4) is 5.75 Å². The van der Waals surface area contributed by atoms with Gasteiger partial charge in [0.15, 0.2) is 5.78 Å². The number of carbonyl (C=O) groups excluding carboxylic acids is 1. The van der Waals surface area contributed by atoms with Crippen molar-refractivity contribution in [3.63, 3.8) is 0 Å². The van der Waals surface area contributed by atoms with E-state index in [2.05, 4.69) is 27.7 Å². The highest BCUT2D eigenvalue weighted by Gasteiger charge is 2.24. The van der Waals surface area contributed by atoms with Crippen LogP contribution in [0.1, 0.15) is 58.3 Å². The summed E-state index contributed by atoms with van der Waals surface area (Å²) in [7, 11) is 0. The lowest BCUT2D eigenvalue weighted by Gasteiger charge is -2.26. The lowest BCUT2D eigenvalue weighted by Crippen LogP contribution is -2.21. The van der Waals surface area contributed by atoms with Crippen LogP contribution in [-0.2, 0) is 0 Å². The Labute approximate surface area is 117 Å². The van der Waals surface area contributed by atoms with Gasteiger partial charge >= 0.3 is 0 Å². The van der Waals surface area contributed by atoms with Crippen LogP contribution >= 0.6 is 0 Å². The van der Waals surface area contributed by atoms with Crippen LogP contribution in [0.25, 0.3) is 0 Å². The number of para-hydroxylation sites is 1. The van der Waals surface area contributed by atoms with Gasteiger partial charge in [0.1, 0.15) is 5.75 Å². The summed E-state index contributed by atoms with van der Waals surface area (Å²) in [6.07, 6.45) is 0.635. The number of carbonyl (C=O) groups is 1. The van der Waals surface area contributed by atoms with Crippen molar-refractivity contribution in [2.45, 2.75) is 54.1 Å². The van der Waals surface area contributed by atoms with Gasteiger partial charge in [-0.3, -0.25) is 4.79 Å². The lowest BCUT2D eigenvalue weighted by molar-refractivity contribution is 0.0921. The number of Topliss-reactive ketones (excluding diaryl/α,β-unsaturated/α-hetero) is 1. The minimum Gasteiger partial charge on any atom is -0.490 e. The fourth-order valence-electron chi connectivity index (χ4n) is 1.75. The van der Waals surface area contributed by atoms with Gasteiger partial charge in [-0.05, 0) is 37.3 Å². The maximum absolute atomic E-state index is 12.4. The third-order valence-electron chi connectivity index (χ3n) is 3.52. The second-order valence-electron chi connectivity index (χ2n) is 6.56. The SMILES string of the molecule is CC(C)Oc1ccccc1C(=O)CC(C)C(C)(C)C. The summed E-state index contributed by atoms with van der Waals surface area (Å²) in [5, 5.41) is 0. The maximum atomic E-state index is 12.4. The van der Waals surface area contributed by atoms with Gasteiger partial charge in [0.2, 0.25) is 0 Å². The van der Waals surface area contributed by atoms with Gasteiger partial charge in [0, 0.05) is 6.42 Å². The number of rotatable bonds is 5. The van der Waals surface area contributed by atoms with Crippen molar-refractivity contribution in [1.29, 1.82) is 0 Å². The zero-order valence-corrected chi connectivity index (χ0v) is 13.0. The van der Waals surface area contributed by atoms with Gasteiger partial charge in [0.25, 0.3) is 0 Å². The van der Waals surface area contributed by atoms with E-state index in [-0.39, 0.29) is 17.3 Å². The molecule has 0 aliphatic carbocycles. The first kappa shape index (κ1) is 15.7. The fraction of sp³-hybridized carbons (Fsp3) is 0.588. The second-order valence-corrected chi connectivity index (χ2v) is 6.56. The predicted octanol–water partition coefficient (Wildman–Crippen LogP) is 4.73. The molecule has 1 atom stereocenters. The van der Waals surface area contributed by atoms with Crippen LogP contribution in [0.3, 0.4) is 0 Å². The van der Waals surface area contributed by atoms with Crippen molar-refractivity contribution >= 4 is 5.78 Å². The Bertz CT molecular complexity index is 427. The minimum atomic E-state index is 0.0778. The predicted molar refractivity (Wildman–Crippen MR) is 79.8 cm³/mol. The molecule has 106 valence electrons. The van der Waals surface area contributed by atoms with Crippen molar-refractivity contribution in [2.75, 3.05) is 0 Å². The molecular formula is C17H26O2.